The van der Waals surface area contributed by atoms with E-state index in [1.165, 1.54) is 15.7 Å². The molecule has 2 N–H and O–H groups in total. The van der Waals surface area contributed by atoms with Gasteiger partial charge in [-0.15, -0.1) is 0 Å². The molecule has 1 saturated carbocycles. The standard InChI is InChI=1S/C23H27N5O3S/c1-15-11-23(12-15,22(25)27(3)14-24)16-6-5-7-17(10-16)28-13-19(32(4,30)31)18-8-9-26(2)20(18)21(28)29/h5-10,13-15,24-25H,11-12H2,1-4H3. The third kappa shape index (κ3) is 3.28. The first kappa shape index (κ1) is 22.0. The van der Waals surface area contributed by atoms with Crippen LogP contribution in [0.15, 0.2) is 52.4 Å². The minimum Gasteiger partial charge on any atom is -0.346 e. The number of amidine groups is 1. The predicted molar refractivity (Wildman–Crippen MR) is 126 cm³/mol. The van der Waals surface area contributed by atoms with E-state index in [2.05, 4.69) is 6.92 Å². The van der Waals surface area contributed by atoms with Crippen LogP contribution < -0.4 is 5.56 Å². The van der Waals surface area contributed by atoms with Crippen molar-refractivity contribution in [1.29, 1.82) is 10.8 Å². The molecule has 2 aromatic heterocycles. The molecule has 1 aliphatic rings. The van der Waals surface area contributed by atoms with E-state index in [4.69, 9.17) is 10.8 Å². The molecule has 4 rings (SSSR count). The molecule has 2 heterocycles. The second kappa shape index (κ2) is 7.44. The van der Waals surface area contributed by atoms with Gasteiger partial charge in [-0.2, -0.15) is 0 Å². The smallest absolute Gasteiger partial charge is 0.279 e. The molecule has 0 saturated heterocycles. The fraction of sp³-hybridized carbons (Fsp3) is 0.348. The van der Waals surface area contributed by atoms with Gasteiger partial charge in [-0.25, -0.2) is 8.42 Å². The van der Waals surface area contributed by atoms with Gasteiger partial charge in [0.25, 0.3) is 5.56 Å². The van der Waals surface area contributed by atoms with Crippen molar-refractivity contribution >= 4 is 32.9 Å². The zero-order valence-corrected chi connectivity index (χ0v) is 19.4. The fourth-order valence-corrected chi connectivity index (χ4v) is 5.75. The number of sulfone groups is 1. The van der Waals surface area contributed by atoms with Crippen molar-refractivity contribution < 1.29 is 8.42 Å². The first-order valence-electron chi connectivity index (χ1n) is 10.3. The molecule has 1 aliphatic carbocycles. The van der Waals surface area contributed by atoms with E-state index in [1.807, 2.05) is 18.2 Å². The number of nitrogens with one attached hydrogen (secondary N) is 2. The summed E-state index contributed by atoms with van der Waals surface area (Å²) in [5.41, 5.74) is 0.901. The van der Waals surface area contributed by atoms with Gasteiger partial charge in [0.2, 0.25) is 0 Å². The Balaban J connectivity index is 1.94. The zero-order chi connectivity index (χ0) is 23.4. The topological polar surface area (TPSA) is 112 Å². The molecule has 1 fully saturated rings. The lowest BCUT2D eigenvalue weighted by molar-refractivity contribution is 0.217. The quantitative estimate of drug-likeness (QED) is 0.457. The highest BCUT2D eigenvalue weighted by molar-refractivity contribution is 7.91. The van der Waals surface area contributed by atoms with Gasteiger partial charge in [0.05, 0.1) is 16.6 Å². The van der Waals surface area contributed by atoms with E-state index >= 15 is 0 Å². The van der Waals surface area contributed by atoms with E-state index in [0.29, 0.717) is 28.3 Å². The van der Waals surface area contributed by atoms with Crippen LogP contribution in [0.5, 0.6) is 0 Å². The van der Waals surface area contributed by atoms with Crippen LogP contribution in [0.25, 0.3) is 16.6 Å². The number of aryl methyl sites for hydroxylation is 1. The van der Waals surface area contributed by atoms with Crippen molar-refractivity contribution in [3.8, 4) is 5.69 Å². The number of likely N-dealkylation sites (N-methyl/N-ethyl adjacent to an activating group) is 1. The van der Waals surface area contributed by atoms with Gasteiger partial charge < -0.3 is 9.47 Å². The van der Waals surface area contributed by atoms with Gasteiger partial charge in [-0.1, -0.05) is 19.1 Å². The molecule has 0 bridgehead atoms. The van der Waals surface area contributed by atoms with E-state index in [-0.39, 0.29) is 10.5 Å². The molecule has 168 valence electrons. The first-order valence-corrected chi connectivity index (χ1v) is 12.2. The monoisotopic (exact) mass is 453 g/mol. The molecule has 0 unspecified atom stereocenters. The number of rotatable bonds is 5. The van der Waals surface area contributed by atoms with Crippen LogP contribution in [-0.4, -0.2) is 47.9 Å². The number of hydrogen-bond donors (Lipinski definition) is 2. The van der Waals surface area contributed by atoms with Gasteiger partial charge in [-0.3, -0.25) is 20.2 Å². The molecule has 1 aromatic carbocycles. The van der Waals surface area contributed by atoms with Gasteiger partial charge in [0.15, 0.2) is 9.84 Å². The van der Waals surface area contributed by atoms with Crippen LogP contribution in [0.3, 0.4) is 0 Å². The number of nitrogens with zero attached hydrogens (tertiary/aromatic N) is 3. The second-order valence-corrected chi connectivity index (χ2v) is 10.8. The van der Waals surface area contributed by atoms with Crippen molar-refractivity contribution in [2.24, 2.45) is 13.0 Å². The number of benzene rings is 1. The second-order valence-electron chi connectivity index (χ2n) is 8.86. The molecule has 3 aromatic rings. The number of pyridine rings is 1. The molecule has 0 aliphatic heterocycles. The largest absolute Gasteiger partial charge is 0.346 e. The molecule has 0 amide bonds. The Morgan fingerprint density at radius 3 is 2.56 bits per heavy atom. The Labute approximate surface area is 187 Å². The van der Waals surface area contributed by atoms with E-state index in [9.17, 15) is 13.2 Å². The highest BCUT2D eigenvalue weighted by atomic mass is 32.2. The number of aromatic nitrogens is 2. The van der Waals surface area contributed by atoms with Crippen molar-refractivity contribution in [2.45, 2.75) is 30.1 Å². The molecule has 0 atom stereocenters. The zero-order valence-electron chi connectivity index (χ0n) is 18.6. The van der Waals surface area contributed by atoms with Crippen LogP contribution in [0.2, 0.25) is 0 Å². The van der Waals surface area contributed by atoms with E-state index in [1.54, 1.807) is 37.0 Å². The fourth-order valence-electron chi connectivity index (χ4n) is 4.89. The summed E-state index contributed by atoms with van der Waals surface area (Å²) >= 11 is 0. The summed E-state index contributed by atoms with van der Waals surface area (Å²) in [4.78, 5) is 14.9. The summed E-state index contributed by atoms with van der Waals surface area (Å²) in [7, 11) is -0.161. The molecular weight excluding hydrogens is 426 g/mol. The molecule has 8 nitrogen and oxygen atoms in total. The maximum Gasteiger partial charge on any atom is 0.279 e. The minimum absolute atomic E-state index is 0.0985. The van der Waals surface area contributed by atoms with Gasteiger partial charge in [0.1, 0.15) is 11.4 Å². The SMILES string of the molecule is CC1CC(C(=N)N(C)C=N)(c2cccc(-n3cc(S(C)(=O)=O)c4ccn(C)c4c3=O)c2)C1. The Hall–Kier alpha value is -3.20. The normalized spacial score (nSPS) is 20.7. The maximum atomic E-state index is 13.3. The van der Waals surface area contributed by atoms with E-state index in [0.717, 1.165) is 31.0 Å². The summed E-state index contributed by atoms with van der Waals surface area (Å²) in [6.45, 7) is 2.13. The Bertz CT molecular complexity index is 1410. The van der Waals surface area contributed by atoms with Gasteiger partial charge >= 0.3 is 0 Å². The maximum absolute atomic E-state index is 13.3. The molecular formula is C23H27N5O3S. The van der Waals surface area contributed by atoms with Crippen LogP contribution in [0, 0.1) is 16.7 Å². The summed E-state index contributed by atoms with van der Waals surface area (Å²) in [5.74, 6) is 0.780. The predicted octanol–water partition coefficient (Wildman–Crippen LogP) is 2.92. The summed E-state index contributed by atoms with van der Waals surface area (Å²) in [5, 5.41) is 16.7. The summed E-state index contributed by atoms with van der Waals surface area (Å²) in [6.07, 6.45) is 6.88. The van der Waals surface area contributed by atoms with Crippen LogP contribution in [0.1, 0.15) is 25.3 Å². The molecule has 9 heteroatoms. The van der Waals surface area contributed by atoms with Crippen molar-refractivity contribution in [2.75, 3.05) is 13.3 Å². The van der Waals surface area contributed by atoms with Gasteiger partial charge in [-0.05, 0) is 42.5 Å². The summed E-state index contributed by atoms with van der Waals surface area (Å²) in [6, 6.07) is 9.04. The van der Waals surface area contributed by atoms with Crippen LogP contribution in [0.4, 0.5) is 0 Å². The van der Waals surface area contributed by atoms with Crippen molar-refractivity contribution in [3.05, 3.63) is 58.6 Å². The average molecular weight is 454 g/mol. The Morgan fingerprint density at radius 2 is 1.97 bits per heavy atom. The van der Waals surface area contributed by atoms with Gasteiger partial charge in [0, 0.05) is 43.8 Å². The average Bonchev–Trinajstić information content (AvgIpc) is 3.11. The Kier molecular flexibility index (Phi) is 5.12. The molecule has 0 spiro atoms. The highest BCUT2D eigenvalue weighted by Gasteiger charge is 2.48. The molecule has 0 radical (unpaired) electrons. The lowest BCUT2D eigenvalue weighted by Gasteiger charge is -2.48. The van der Waals surface area contributed by atoms with Crippen molar-refractivity contribution in [1.82, 2.24) is 14.0 Å². The third-order valence-electron chi connectivity index (χ3n) is 6.48. The minimum atomic E-state index is -3.57. The number of fused-ring (bicyclic) bond motifs is 1. The van der Waals surface area contributed by atoms with Crippen LogP contribution >= 0.6 is 0 Å². The molecule has 32 heavy (non-hydrogen) atoms. The van der Waals surface area contributed by atoms with Crippen molar-refractivity contribution in [3.63, 3.8) is 0 Å². The van der Waals surface area contributed by atoms with Crippen LogP contribution in [-0.2, 0) is 22.3 Å². The Morgan fingerprint density at radius 1 is 1.28 bits per heavy atom. The lowest BCUT2D eigenvalue weighted by Crippen LogP contribution is -2.52. The number of hydrogen-bond acceptors (Lipinski definition) is 5. The lowest BCUT2D eigenvalue weighted by atomic mass is 9.58. The third-order valence-corrected chi connectivity index (χ3v) is 7.60. The first-order chi connectivity index (χ1) is 15.0. The summed E-state index contributed by atoms with van der Waals surface area (Å²) < 4.78 is 28.0. The highest BCUT2D eigenvalue weighted by Crippen LogP contribution is 2.49. The van der Waals surface area contributed by atoms with E-state index < -0.39 is 15.3 Å².